The molecule has 3 rings (SSSR count). The van der Waals surface area contributed by atoms with Crippen LogP contribution in [0, 0.1) is 0 Å². The van der Waals surface area contributed by atoms with Gasteiger partial charge in [-0.3, -0.25) is 4.98 Å². The topological polar surface area (TPSA) is 63.2 Å². The van der Waals surface area contributed by atoms with Crippen molar-refractivity contribution in [1.82, 2.24) is 10.3 Å². The predicted molar refractivity (Wildman–Crippen MR) is 95.3 cm³/mol. The van der Waals surface area contributed by atoms with E-state index in [1.54, 1.807) is 6.20 Å². The number of rotatable bonds is 6. The molecule has 2 amide bonds. The molecule has 0 saturated carbocycles. The van der Waals surface area contributed by atoms with Crippen molar-refractivity contribution in [2.75, 3.05) is 18.5 Å². The minimum atomic E-state index is -0.243. The van der Waals surface area contributed by atoms with E-state index in [4.69, 9.17) is 4.74 Å². The lowest BCUT2D eigenvalue weighted by molar-refractivity contribution is 0.250. The minimum absolute atomic E-state index is 0.243. The summed E-state index contributed by atoms with van der Waals surface area (Å²) in [6.45, 7) is 1.09. The van der Waals surface area contributed by atoms with Crippen LogP contribution in [-0.4, -0.2) is 24.2 Å². The molecule has 5 nitrogen and oxygen atoms in total. The average Bonchev–Trinajstić information content (AvgIpc) is 2.63. The van der Waals surface area contributed by atoms with E-state index < -0.39 is 0 Å². The number of carbonyl (C=O) groups excluding carboxylic acids is 1. The van der Waals surface area contributed by atoms with Crippen LogP contribution in [0.4, 0.5) is 10.5 Å². The van der Waals surface area contributed by atoms with Crippen LogP contribution in [-0.2, 0) is 0 Å². The van der Waals surface area contributed by atoms with E-state index in [0.29, 0.717) is 18.8 Å². The highest BCUT2D eigenvalue weighted by molar-refractivity contribution is 5.99. The zero-order chi connectivity index (χ0) is 16.6. The summed E-state index contributed by atoms with van der Waals surface area (Å²) in [6.07, 6.45) is 2.45. The molecule has 0 aliphatic rings. The Morgan fingerprint density at radius 3 is 2.71 bits per heavy atom. The third-order valence-corrected chi connectivity index (χ3v) is 3.50. The number of aromatic nitrogens is 1. The van der Waals surface area contributed by atoms with Crippen molar-refractivity contribution >= 4 is 22.6 Å². The van der Waals surface area contributed by atoms with Gasteiger partial charge in [0, 0.05) is 18.1 Å². The maximum Gasteiger partial charge on any atom is 0.319 e. The number of hydrogen-bond donors (Lipinski definition) is 2. The number of para-hydroxylation sites is 2. The van der Waals surface area contributed by atoms with Crippen molar-refractivity contribution in [2.45, 2.75) is 6.42 Å². The van der Waals surface area contributed by atoms with Gasteiger partial charge >= 0.3 is 6.03 Å². The highest BCUT2D eigenvalue weighted by Crippen LogP contribution is 2.20. The quantitative estimate of drug-likeness (QED) is 0.678. The van der Waals surface area contributed by atoms with Gasteiger partial charge in [0.1, 0.15) is 5.75 Å². The Morgan fingerprint density at radius 2 is 1.83 bits per heavy atom. The minimum Gasteiger partial charge on any atom is -0.494 e. The van der Waals surface area contributed by atoms with Crippen LogP contribution in [0.1, 0.15) is 6.42 Å². The molecule has 2 aromatic carbocycles. The monoisotopic (exact) mass is 321 g/mol. The number of anilines is 1. The van der Waals surface area contributed by atoms with Gasteiger partial charge in [0.05, 0.1) is 17.8 Å². The van der Waals surface area contributed by atoms with Gasteiger partial charge < -0.3 is 15.4 Å². The fourth-order valence-corrected chi connectivity index (χ4v) is 2.35. The van der Waals surface area contributed by atoms with Crippen molar-refractivity contribution in [3.8, 4) is 5.75 Å². The van der Waals surface area contributed by atoms with Crippen LogP contribution < -0.4 is 15.4 Å². The van der Waals surface area contributed by atoms with Crippen molar-refractivity contribution < 1.29 is 9.53 Å². The number of benzene rings is 2. The molecule has 0 fully saturated rings. The van der Waals surface area contributed by atoms with E-state index in [1.807, 2.05) is 60.7 Å². The van der Waals surface area contributed by atoms with E-state index in [-0.39, 0.29) is 6.03 Å². The first kappa shape index (κ1) is 15.8. The average molecular weight is 321 g/mol. The van der Waals surface area contributed by atoms with E-state index in [2.05, 4.69) is 15.6 Å². The van der Waals surface area contributed by atoms with Gasteiger partial charge in [0.2, 0.25) is 0 Å². The van der Waals surface area contributed by atoms with Gasteiger partial charge in [0.15, 0.2) is 0 Å². The molecule has 3 aromatic rings. The number of fused-ring (bicyclic) bond motifs is 1. The molecule has 0 atom stereocenters. The summed E-state index contributed by atoms with van der Waals surface area (Å²) in [5, 5.41) is 6.66. The molecule has 0 aliphatic carbocycles. The number of nitrogens with one attached hydrogen (secondary N) is 2. The lowest BCUT2D eigenvalue weighted by Gasteiger charge is -2.10. The zero-order valence-electron chi connectivity index (χ0n) is 13.2. The number of hydrogen-bond acceptors (Lipinski definition) is 3. The molecule has 5 heteroatoms. The van der Waals surface area contributed by atoms with Crippen molar-refractivity contribution in [3.05, 3.63) is 66.9 Å². The lowest BCUT2D eigenvalue weighted by Crippen LogP contribution is -2.30. The van der Waals surface area contributed by atoms with Gasteiger partial charge in [-0.05, 0) is 30.7 Å². The fraction of sp³-hybridized carbons (Fsp3) is 0.158. The standard InChI is InChI=1S/C19H19N3O2/c23-19(21-13-6-14-24-16-9-2-1-3-10-16)22-17-11-4-7-15-8-5-12-20-18(15)17/h1-5,7-12H,6,13-14H2,(H2,21,22,23). The van der Waals surface area contributed by atoms with Gasteiger partial charge in [0.25, 0.3) is 0 Å². The second-order valence-corrected chi connectivity index (χ2v) is 5.28. The van der Waals surface area contributed by atoms with Gasteiger partial charge in [-0.2, -0.15) is 0 Å². The maximum absolute atomic E-state index is 12.0. The summed E-state index contributed by atoms with van der Waals surface area (Å²) >= 11 is 0. The van der Waals surface area contributed by atoms with Crippen LogP contribution in [0.3, 0.4) is 0 Å². The third kappa shape index (κ3) is 4.23. The van der Waals surface area contributed by atoms with Crippen LogP contribution in [0.5, 0.6) is 5.75 Å². The number of ether oxygens (including phenoxy) is 1. The van der Waals surface area contributed by atoms with Crippen molar-refractivity contribution in [2.24, 2.45) is 0 Å². The normalized spacial score (nSPS) is 10.3. The number of nitrogens with zero attached hydrogens (tertiary/aromatic N) is 1. The lowest BCUT2D eigenvalue weighted by atomic mass is 10.2. The molecule has 0 radical (unpaired) electrons. The Balaban J connectivity index is 1.44. The maximum atomic E-state index is 12.0. The molecule has 0 spiro atoms. The molecule has 0 saturated heterocycles. The molecule has 24 heavy (non-hydrogen) atoms. The first-order chi connectivity index (χ1) is 11.8. The number of urea groups is 1. The highest BCUT2D eigenvalue weighted by Gasteiger charge is 2.05. The van der Waals surface area contributed by atoms with Crippen LogP contribution >= 0.6 is 0 Å². The van der Waals surface area contributed by atoms with E-state index in [9.17, 15) is 4.79 Å². The third-order valence-electron chi connectivity index (χ3n) is 3.50. The molecule has 1 heterocycles. The summed E-state index contributed by atoms with van der Waals surface area (Å²) in [5.41, 5.74) is 1.48. The Morgan fingerprint density at radius 1 is 1.00 bits per heavy atom. The molecular weight excluding hydrogens is 302 g/mol. The number of carbonyl (C=O) groups is 1. The Labute approximate surface area is 140 Å². The Bertz CT molecular complexity index is 801. The van der Waals surface area contributed by atoms with Crippen LogP contribution in [0.2, 0.25) is 0 Å². The van der Waals surface area contributed by atoms with E-state index >= 15 is 0 Å². The summed E-state index contributed by atoms with van der Waals surface area (Å²) in [6, 6.07) is 18.9. The van der Waals surface area contributed by atoms with Gasteiger partial charge in [-0.1, -0.05) is 36.4 Å². The smallest absolute Gasteiger partial charge is 0.319 e. The zero-order valence-corrected chi connectivity index (χ0v) is 13.2. The van der Waals surface area contributed by atoms with E-state index in [1.165, 1.54) is 0 Å². The SMILES string of the molecule is O=C(NCCCOc1ccccc1)Nc1cccc2cccnc12. The largest absolute Gasteiger partial charge is 0.494 e. The Kier molecular flexibility index (Phi) is 5.24. The molecular formula is C19H19N3O2. The second-order valence-electron chi connectivity index (χ2n) is 5.28. The molecule has 0 aliphatic heterocycles. The van der Waals surface area contributed by atoms with E-state index in [0.717, 1.165) is 23.1 Å². The van der Waals surface area contributed by atoms with Crippen LogP contribution in [0.25, 0.3) is 10.9 Å². The summed E-state index contributed by atoms with van der Waals surface area (Å²) in [5.74, 6) is 0.837. The fourth-order valence-electron chi connectivity index (χ4n) is 2.35. The second kappa shape index (κ2) is 7.97. The number of pyridine rings is 1. The van der Waals surface area contributed by atoms with Gasteiger partial charge in [-0.25, -0.2) is 4.79 Å². The Hall–Kier alpha value is -3.08. The summed E-state index contributed by atoms with van der Waals surface area (Å²) in [4.78, 5) is 16.3. The number of amides is 2. The molecule has 122 valence electrons. The van der Waals surface area contributed by atoms with Gasteiger partial charge in [-0.15, -0.1) is 0 Å². The molecule has 1 aromatic heterocycles. The predicted octanol–water partition coefficient (Wildman–Crippen LogP) is 3.83. The summed E-state index contributed by atoms with van der Waals surface area (Å²) in [7, 11) is 0. The first-order valence-corrected chi connectivity index (χ1v) is 7.89. The van der Waals surface area contributed by atoms with Crippen molar-refractivity contribution in [1.29, 1.82) is 0 Å². The van der Waals surface area contributed by atoms with Crippen molar-refractivity contribution in [3.63, 3.8) is 0 Å². The first-order valence-electron chi connectivity index (χ1n) is 7.89. The van der Waals surface area contributed by atoms with Crippen LogP contribution in [0.15, 0.2) is 66.9 Å². The molecule has 0 bridgehead atoms. The highest BCUT2D eigenvalue weighted by atomic mass is 16.5. The molecule has 2 N–H and O–H groups in total. The summed E-state index contributed by atoms with van der Waals surface area (Å²) < 4.78 is 5.58. The molecule has 0 unspecified atom stereocenters.